The van der Waals surface area contributed by atoms with Crippen LogP contribution in [0.4, 0.5) is 10.5 Å². The van der Waals surface area contributed by atoms with Crippen molar-refractivity contribution in [2.45, 2.75) is 19.9 Å². The first-order chi connectivity index (χ1) is 9.56. The fourth-order valence-electron chi connectivity index (χ4n) is 1.55. The topological polar surface area (TPSA) is 87.5 Å². The molecule has 0 spiro atoms. The highest BCUT2D eigenvalue weighted by Gasteiger charge is 2.12. The number of hydrogen-bond acceptors (Lipinski definition) is 3. The van der Waals surface area contributed by atoms with Gasteiger partial charge in [-0.3, -0.25) is 4.79 Å². The molecule has 0 saturated heterocycles. The zero-order chi connectivity index (χ0) is 15.0. The lowest BCUT2D eigenvalue weighted by atomic mass is 10.2. The number of nitrogens with zero attached hydrogens (tertiary/aromatic N) is 1. The van der Waals surface area contributed by atoms with Gasteiger partial charge in [-0.15, -0.1) is 0 Å². The first-order valence-electron chi connectivity index (χ1n) is 6.64. The Kier molecular flexibility index (Phi) is 6.52. The van der Waals surface area contributed by atoms with Crippen molar-refractivity contribution in [3.63, 3.8) is 0 Å². The largest absolute Gasteiger partial charge is 0.355 e. The maximum atomic E-state index is 11.9. The molecule has 3 amide bonds. The third-order valence-corrected chi connectivity index (χ3v) is 2.74. The number of urea groups is 1. The summed E-state index contributed by atoms with van der Waals surface area (Å²) in [4.78, 5) is 24.7. The summed E-state index contributed by atoms with van der Waals surface area (Å²) in [5.41, 5.74) is 7.17. The van der Waals surface area contributed by atoms with Gasteiger partial charge in [-0.25, -0.2) is 4.79 Å². The summed E-state index contributed by atoms with van der Waals surface area (Å²) < 4.78 is 0. The van der Waals surface area contributed by atoms with Crippen LogP contribution in [0.2, 0.25) is 0 Å². The van der Waals surface area contributed by atoms with Gasteiger partial charge in [0.2, 0.25) is 5.91 Å². The molecule has 110 valence electrons. The fraction of sp³-hybridized carbons (Fsp3) is 0.429. The van der Waals surface area contributed by atoms with E-state index in [2.05, 4.69) is 10.6 Å². The molecular formula is C14H22N4O2. The Morgan fingerprint density at radius 2 is 1.90 bits per heavy atom. The van der Waals surface area contributed by atoms with Gasteiger partial charge in [-0.05, 0) is 24.1 Å². The summed E-state index contributed by atoms with van der Waals surface area (Å²) in [6, 6.07) is 6.95. The number of carbonyl (C=O) groups excluding carboxylic acids is 2. The van der Waals surface area contributed by atoms with E-state index >= 15 is 0 Å². The van der Waals surface area contributed by atoms with Gasteiger partial charge in [-0.1, -0.05) is 19.1 Å². The summed E-state index contributed by atoms with van der Waals surface area (Å²) in [6.07, 6.45) is 0.870. The van der Waals surface area contributed by atoms with E-state index in [1.165, 1.54) is 4.90 Å². The summed E-state index contributed by atoms with van der Waals surface area (Å²) in [5, 5.41) is 5.44. The summed E-state index contributed by atoms with van der Waals surface area (Å²) in [7, 11) is 1.58. The van der Waals surface area contributed by atoms with Crippen molar-refractivity contribution in [2.24, 2.45) is 5.73 Å². The van der Waals surface area contributed by atoms with Gasteiger partial charge in [0.25, 0.3) is 0 Å². The molecule has 0 atom stereocenters. The van der Waals surface area contributed by atoms with E-state index in [9.17, 15) is 9.59 Å². The number of benzene rings is 1. The minimum absolute atomic E-state index is 0.0344. The number of nitrogens with one attached hydrogen (secondary N) is 2. The lowest BCUT2D eigenvalue weighted by Crippen LogP contribution is -2.40. The highest BCUT2D eigenvalue weighted by Crippen LogP contribution is 2.09. The normalized spacial score (nSPS) is 9.95. The van der Waals surface area contributed by atoms with Crippen LogP contribution in [0.3, 0.4) is 0 Å². The highest BCUT2D eigenvalue weighted by molar-refractivity contribution is 5.92. The Labute approximate surface area is 119 Å². The molecule has 1 aromatic rings. The monoisotopic (exact) mass is 278 g/mol. The van der Waals surface area contributed by atoms with E-state index in [-0.39, 0.29) is 18.5 Å². The zero-order valence-electron chi connectivity index (χ0n) is 12.0. The van der Waals surface area contributed by atoms with Crippen molar-refractivity contribution < 1.29 is 9.59 Å². The minimum atomic E-state index is -0.322. The first kappa shape index (κ1) is 16.0. The molecule has 0 aliphatic heterocycles. The molecule has 6 nitrogen and oxygen atoms in total. The minimum Gasteiger partial charge on any atom is -0.355 e. The third-order valence-electron chi connectivity index (χ3n) is 2.74. The number of amides is 3. The standard InChI is InChI=1S/C14H22N4O2/c1-3-8-16-13(19)10-18(2)14(20)17-12-6-4-11(9-15)5-7-12/h4-7H,3,8-10,15H2,1-2H3,(H,16,19)(H,17,20). The van der Waals surface area contributed by atoms with Gasteiger partial charge < -0.3 is 21.3 Å². The highest BCUT2D eigenvalue weighted by atomic mass is 16.2. The molecule has 0 aromatic heterocycles. The van der Waals surface area contributed by atoms with Gasteiger partial charge in [0.05, 0.1) is 0 Å². The van der Waals surface area contributed by atoms with Gasteiger partial charge in [-0.2, -0.15) is 0 Å². The fourth-order valence-corrected chi connectivity index (χ4v) is 1.55. The number of carbonyl (C=O) groups is 2. The molecular weight excluding hydrogens is 256 g/mol. The maximum Gasteiger partial charge on any atom is 0.322 e. The van der Waals surface area contributed by atoms with Crippen molar-refractivity contribution in [3.8, 4) is 0 Å². The third kappa shape index (κ3) is 5.27. The number of anilines is 1. The molecule has 0 fully saturated rings. The number of rotatable bonds is 6. The number of hydrogen-bond donors (Lipinski definition) is 3. The summed E-state index contributed by atoms with van der Waals surface area (Å²) in [6.45, 7) is 3.09. The molecule has 0 bridgehead atoms. The zero-order valence-corrected chi connectivity index (χ0v) is 12.0. The number of nitrogens with two attached hydrogens (primary N) is 1. The second-order valence-electron chi connectivity index (χ2n) is 4.54. The predicted octanol–water partition coefficient (Wildman–Crippen LogP) is 1.14. The molecule has 0 unspecified atom stereocenters. The van der Waals surface area contributed by atoms with Gasteiger partial charge in [0.1, 0.15) is 6.54 Å². The average molecular weight is 278 g/mol. The molecule has 0 aliphatic carbocycles. The maximum absolute atomic E-state index is 11.9. The van der Waals surface area contributed by atoms with Crippen LogP contribution in [0.5, 0.6) is 0 Å². The lowest BCUT2D eigenvalue weighted by Gasteiger charge is -2.17. The Balaban J connectivity index is 2.46. The first-order valence-corrected chi connectivity index (χ1v) is 6.64. The van der Waals surface area contributed by atoms with Crippen LogP contribution in [0.15, 0.2) is 24.3 Å². The van der Waals surface area contributed by atoms with Gasteiger partial charge in [0, 0.05) is 25.8 Å². The molecule has 4 N–H and O–H groups in total. The quantitative estimate of drug-likeness (QED) is 0.729. The Morgan fingerprint density at radius 1 is 1.25 bits per heavy atom. The molecule has 0 saturated carbocycles. The van der Waals surface area contributed by atoms with Gasteiger partial charge in [0.15, 0.2) is 0 Å². The SMILES string of the molecule is CCCNC(=O)CN(C)C(=O)Nc1ccc(CN)cc1. The Hall–Kier alpha value is -2.08. The van der Waals surface area contributed by atoms with Crippen molar-refractivity contribution in [1.29, 1.82) is 0 Å². The van der Waals surface area contributed by atoms with Crippen LogP contribution < -0.4 is 16.4 Å². The molecule has 1 aromatic carbocycles. The summed E-state index contributed by atoms with van der Waals surface area (Å²) >= 11 is 0. The van der Waals surface area contributed by atoms with E-state index in [0.717, 1.165) is 12.0 Å². The van der Waals surface area contributed by atoms with E-state index in [1.54, 1.807) is 19.2 Å². The van der Waals surface area contributed by atoms with Crippen LogP contribution in [-0.4, -0.2) is 37.0 Å². The van der Waals surface area contributed by atoms with Crippen molar-refractivity contribution in [1.82, 2.24) is 10.2 Å². The molecule has 20 heavy (non-hydrogen) atoms. The smallest absolute Gasteiger partial charge is 0.322 e. The van der Waals surface area contributed by atoms with E-state index < -0.39 is 0 Å². The van der Waals surface area contributed by atoms with Gasteiger partial charge >= 0.3 is 6.03 Å². The Bertz CT molecular complexity index is 445. The average Bonchev–Trinajstić information content (AvgIpc) is 2.45. The van der Waals surface area contributed by atoms with E-state index in [4.69, 9.17) is 5.73 Å². The molecule has 0 aliphatic rings. The van der Waals surface area contributed by atoms with Crippen molar-refractivity contribution in [3.05, 3.63) is 29.8 Å². The summed E-state index contributed by atoms with van der Waals surface area (Å²) in [5.74, 6) is -0.164. The molecule has 0 heterocycles. The van der Waals surface area contributed by atoms with Crippen LogP contribution in [0.1, 0.15) is 18.9 Å². The Morgan fingerprint density at radius 3 is 2.45 bits per heavy atom. The second-order valence-corrected chi connectivity index (χ2v) is 4.54. The molecule has 0 radical (unpaired) electrons. The van der Waals surface area contributed by atoms with Crippen LogP contribution >= 0.6 is 0 Å². The lowest BCUT2D eigenvalue weighted by molar-refractivity contribution is -0.121. The molecule has 6 heteroatoms. The van der Waals surface area contributed by atoms with Crippen molar-refractivity contribution in [2.75, 3.05) is 25.5 Å². The molecule has 1 rings (SSSR count). The van der Waals surface area contributed by atoms with Crippen LogP contribution in [0, 0.1) is 0 Å². The van der Waals surface area contributed by atoms with Crippen LogP contribution in [-0.2, 0) is 11.3 Å². The van der Waals surface area contributed by atoms with Crippen LogP contribution in [0.25, 0.3) is 0 Å². The predicted molar refractivity (Wildman–Crippen MR) is 79.3 cm³/mol. The van der Waals surface area contributed by atoms with E-state index in [1.807, 2.05) is 19.1 Å². The number of likely N-dealkylation sites (N-methyl/N-ethyl adjacent to an activating group) is 1. The second kappa shape index (κ2) is 8.16. The van der Waals surface area contributed by atoms with E-state index in [0.29, 0.717) is 18.8 Å². The van der Waals surface area contributed by atoms with Crippen molar-refractivity contribution >= 4 is 17.6 Å².